The largest absolute Gasteiger partial charge is 0.342 e. The lowest BCUT2D eigenvalue weighted by atomic mass is 10.0. The molecular weight excluding hydrogens is 262 g/mol. The first-order valence-electron chi connectivity index (χ1n) is 7.72. The molecule has 0 amide bonds. The monoisotopic (exact) mass is 289 g/mol. The second-order valence-corrected chi connectivity index (χ2v) is 6.19. The van der Waals surface area contributed by atoms with Crippen molar-refractivity contribution in [2.45, 2.75) is 26.8 Å². The molecule has 0 atom stereocenters. The van der Waals surface area contributed by atoms with Crippen molar-refractivity contribution in [3.63, 3.8) is 0 Å². The van der Waals surface area contributed by atoms with Crippen LogP contribution in [-0.4, -0.2) is 32.2 Å². The maximum atomic E-state index is 12.2. The highest BCUT2D eigenvalue weighted by Crippen LogP contribution is 2.18. The Morgan fingerprint density at radius 1 is 1.24 bits per heavy atom. The Bertz CT molecular complexity index is 674. The van der Waals surface area contributed by atoms with E-state index in [0.29, 0.717) is 0 Å². The summed E-state index contributed by atoms with van der Waals surface area (Å²) in [6.07, 6.45) is 1.17. The number of rotatable bonds is 6. The normalized spacial score (nSPS) is 11.5. The van der Waals surface area contributed by atoms with E-state index in [-0.39, 0.29) is 5.56 Å². The number of aromatic amines is 1. The molecule has 0 bridgehead atoms. The van der Waals surface area contributed by atoms with Crippen LogP contribution < -0.4 is 15.8 Å². The van der Waals surface area contributed by atoms with Gasteiger partial charge in [0.15, 0.2) is 0 Å². The number of H-pyrrole nitrogens is 1. The maximum Gasteiger partial charge on any atom is 0.257 e. The van der Waals surface area contributed by atoms with E-state index in [0.717, 1.165) is 35.1 Å². The minimum Gasteiger partial charge on any atom is -0.342 e. The van der Waals surface area contributed by atoms with E-state index in [1.54, 1.807) is 0 Å². The van der Waals surface area contributed by atoms with Crippen LogP contribution >= 0.6 is 0 Å². The molecule has 4 heteroatoms. The summed E-state index contributed by atoms with van der Waals surface area (Å²) in [5, 5.41) is 3.35. The van der Waals surface area contributed by atoms with Crippen LogP contribution in [0.25, 0.3) is 10.9 Å². The number of pyridine rings is 1. The average Bonchev–Trinajstić information content (AvgIpc) is 2.44. The van der Waals surface area contributed by atoms with Crippen LogP contribution in [0.5, 0.6) is 0 Å². The third-order valence-corrected chi connectivity index (χ3v) is 4.08. The predicted octanol–water partition coefficient (Wildman–Crippen LogP) is -0.257. The Morgan fingerprint density at radius 3 is 2.71 bits per heavy atom. The molecule has 0 saturated heterocycles. The Balaban J connectivity index is 2.09. The average molecular weight is 289 g/mol. The number of hydrogen-bond donors (Lipinski definition) is 3. The van der Waals surface area contributed by atoms with Gasteiger partial charge in [0, 0.05) is 6.42 Å². The quantitative estimate of drug-likeness (QED) is 0.631. The van der Waals surface area contributed by atoms with Crippen LogP contribution in [0.15, 0.2) is 23.0 Å². The van der Waals surface area contributed by atoms with Crippen molar-refractivity contribution in [2.24, 2.45) is 0 Å². The highest BCUT2D eigenvalue weighted by molar-refractivity contribution is 5.83. The zero-order valence-electron chi connectivity index (χ0n) is 13.5. The molecule has 4 nitrogen and oxygen atoms in total. The summed E-state index contributed by atoms with van der Waals surface area (Å²) in [5.74, 6) is 0. The molecule has 0 aliphatic rings. The molecule has 4 N–H and O–H groups in total. The molecule has 0 radical (unpaired) electrons. The summed E-state index contributed by atoms with van der Waals surface area (Å²) in [6.45, 7) is 7.12. The number of aromatic nitrogens is 1. The lowest BCUT2D eigenvalue weighted by molar-refractivity contribution is -0.860. The van der Waals surface area contributed by atoms with Crippen molar-refractivity contribution in [1.82, 2.24) is 4.98 Å². The molecule has 21 heavy (non-hydrogen) atoms. The molecule has 1 heterocycles. The van der Waals surface area contributed by atoms with Gasteiger partial charge in [-0.1, -0.05) is 12.1 Å². The summed E-state index contributed by atoms with van der Waals surface area (Å²) >= 11 is 0. The van der Waals surface area contributed by atoms with Crippen molar-refractivity contribution in [3.8, 4) is 0 Å². The SMILES string of the molecule is Cc1ccc2cc(C[NH2+]CCC[NH+](C)C)c(=O)[nH]c2c1C. The molecule has 0 saturated carbocycles. The number of hydrogen-bond acceptors (Lipinski definition) is 1. The highest BCUT2D eigenvalue weighted by Gasteiger charge is 2.07. The smallest absolute Gasteiger partial charge is 0.257 e. The minimum atomic E-state index is 0.0469. The highest BCUT2D eigenvalue weighted by atomic mass is 16.1. The van der Waals surface area contributed by atoms with E-state index in [2.05, 4.69) is 50.4 Å². The first kappa shape index (κ1) is 15.7. The third kappa shape index (κ3) is 3.93. The van der Waals surface area contributed by atoms with Crippen LogP contribution in [0.3, 0.4) is 0 Å². The number of quaternary nitrogens is 2. The van der Waals surface area contributed by atoms with E-state index in [1.807, 2.05) is 6.07 Å². The first-order valence-corrected chi connectivity index (χ1v) is 7.72. The fourth-order valence-electron chi connectivity index (χ4n) is 2.58. The standard InChI is InChI=1S/C17H25N3O/c1-12-6-7-14-10-15(11-18-8-5-9-20(3)4)17(21)19-16(14)13(12)2/h6-7,10,18H,5,8-9,11H2,1-4H3,(H,19,21)/p+2. The Kier molecular flexibility index (Phi) is 5.15. The number of aryl methyl sites for hydroxylation is 2. The molecule has 0 aliphatic carbocycles. The second-order valence-electron chi connectivity index (χ2n) is 6.19. The molecule has 114 valence electrons. The lowest BCUT2D eigenvalue weighted by Crippen LogP contribution is -3.06. The van der Waals surface area contributed by atoms with E-state index in [1.165, 1.54) is 23.4 Å². The minimum absolute atomic E-state index is 0.0469. The number of benzene rings is 1. The summed E-state index contributed by atoms with van der Waals surface area (Å²) in [6, 6.07) is 6.24. The van der Waals surface area contributed by atoms with Gasteiger partial charge in [0.2, 0.25) is 0 Å². The maximum absolute atomic E-state index is 12.2. The molecule has 0 fully saturated rings. The fourth-order valence-corrected chi connectivity index (χ4v) is 2.58. The van der Waals surface area contributed by atoms with Crippen LogP contribution in [0.4, 0.5) is 0 Å². The van der Waals surface area contributed by atoms with Crippen LogP contribution in [0, 0.1) is 13.8 Å². The lowest BCUT2D eigenvalue weighted by Gasteiger charge is -2.08. The van der Waals surface area contributed by atoms with Crippen LogP contribution in [-0.2, 0) is 6.54 Å². The Hall–Kier alpha value is -1.65. The second kappa shape index (κ2) is 6.87. The van der Waals surface area contributed by atoms with Gasteiger partial charge >= 0.3 is 0 Å². The van der Waals surface area contributed by atoms with Gasteiger partial charge in [-0.25, -0.2) is 0 Å². The van der Waals surface area contributed by atoms with Crippen LogP contribution in [0.1, 0.15) is 23.1 Å². The van der Waals surface area contributed by atoms with E-state index in [9.17, 15) is 4.79 Å². The Morgan fingerprint density at radius 2 is 2.00 bits per heavy atom. The summed E-state index contributed by atoms with van der Waals surface area (Å²) in [5.41, 5.74) is 4.26. The van der Waals surface area contributed by atoms with E-state index in [4.69, 9.17) is 0 Å². The Labute approximate surface area is 126 Å². The van der Waals surface area contributed by atoms with Crippen molar-refractivity contribution in [3.05, 3.63) is 45.2 Å². The van der Waals surface area contributed by atoms with Gasteiger partial charge in [0.25, 0.3) is 5.56 Å². The van der Waals surface area contributed by atoms with Gasteiger partial charge < -0.3 is 15.2 Å². The van der Waals surface area contributed by atoms with Gasteiger partial charge in [0.05, 0.1) is 38.3 Å². The topological polar surface area (TPSA) is 53.9 Å². The molecule has 0 aliphatic heterocycles. The molecule has 1 aromatic heterocycles. The van der Waals surface area contributed by atoms with Crippen LogP contribution in [0.2, 0.25) is 0 Å². The van der Waals surface area contributed by atoms with Gasteiger partial charge in [-0.2, -0.15) is 0 Å². The number of fused-ring (bicyclic) bond motifs is 1. The molecular formula is C17H27N3O+2. The van der Waals surface area contributed by atoms with Crippen molar-refractivity contribution >= 4 is 10.9 Å². The summed E-state index contributed by atoms with van der Waals surface area (Å²) in [4.78, 5) is 16.7. The van der Waals surface area contributed by atoms with E-state index < -0.39 is 0 Å². The van der Waals surface area contributed by atoms with Crippen molar-refractivity contribution in [1.29, 1.82) is 0 Å². The van der Waals surface area contributed by atoms with Crippen molar-refractivity contribution in [2.75, 3.05) is 27.2 Å². The van der Waals surface area contributed by atoms with Gasteiger partial charge in [-0.15, -0.1) is 0 Å². The summed E-state index contributed by atoms with van der Waals surface area (Å²) in [7, 11) is 4.33. The molecule has 2 aromatic rings. The molecule has 1 aromatic carbocycles. The first-order chi connectivity index (χ1) is 9.99. The van der Waals surface area contributed by atoms with Gasteiger partial charge in [0.1, 0.15) is 6.54 Å². The van der Waals surface area contributed by atoms with Crippen molar-refractivity contribution < 1.29 is 10.2 Å². The number of nitrogens with one attached hydrogen (secondary N) is 2. The fraction of sp³-hybridized carbons (Fsp3) is 0.471. The summed E-state index contributed by atoms with van der Waals surface area (Å²) < 4.78 is 0. The molecule has 0 unspecified atom stereocenters. The zero-order chi connectivity index (χ0) is 15.4. The van der Waals surface area contributed by atoms with E-state index >= 15 is 0 Å². The third-order valence-electron chi connectivity index (χ3n) is 4.08. The number of nitrogens with two attached hydrogens (primary N) is 1. The predicted molar refractivity (Wildman–Crippen MR) is 86.8 cm³/mol. The van der Waals surface area contributed by atoms with Gasteiger partial charge in [-0.3, -0.25) is 4.79 Å². The molecule has 2 rings (SSSR count). The molecule has 0 spiro atoms. The van der Waals surface area contributed by atoms with Gasteiger partial charge in [-0.05, 0) is 36.4 Å². The zero-order valence-corrected chi connectivity index (χ0v) is 13.5.